The summed E-state index contributed by atoms with van der Waals surface area (Å²) >= 11 is 0. The molecule has 2 rings (SSSR count). The molecule has 3 N–H and O–H groups in total. The van der Waals surface area contributed by atoms with Crippen molar-refractivity contribution >= 4 is 11.7 Å². The normalized spacial score (nSPS) is 9.91. The average molecular weight is 315 g/mol. The molecular formula is C16H18FN5O. The predicted octanol–water partition coefficient (Wildman–Crippen LogP) is 1.91. The highest BCUT2D eigenvalue weighted by Crippen LogP contribution is 2.17. The van der Waals surface area contributed by atoms with Gasteiger partial charge in [0.15, 0.2) is 0 Å². The summed E-state index contributed by atoms with van der Waals surface area (Å²) in [6.07, 6.45) is 3.85. The van der Waals surface area contributed by atoms with Crippen LogP contribution in [0.5, 0.6) is 0 Å². The molecule has 23 heavy (non-hydrogen) atoms. The van der Waals surface area contributed by atoms with Crippen molar-refractivity contribution in [2.45, 2.75) is 6.54 Å². The summed E-state index contributed by atoms with van der Waals surface area (Å²) in [5.41, 5.74) is 0.394. The Balaban J connectivity index is 1.64. The minimum Gasteiger partial charge on any atom is -0.382 e. The van der Waals surface area contributed by atoms with Gasteiger partial charge in [0.1, 0.15) is 17.4 Å². The standard InChI is InChI=1S/C16H18FN5O/c17-14-4-3-5-15(13(14)12-18)19-6-7-20-16(23)21-8-11-22-9-1-2-10-22/h1-5,9-10,19H,6-8,11H2,(H2,20,21,23). The van der Waals surface area contributed by atoms with E-state index < -0.39 is 5.82 Å². The van der Waals surface area contributed by atoms with E-state index in [4.69, 9.17) is 5.26 Å². The van der Waals surface area contributed by atoms with Gasteiger partial charge in [0.25, 0.3) is 0 Å². The zero-order chi connectivity index (χ0) is 16.5. The Labute approximate surface area is 133 Å². The molecule has 120 valence electrons. The molecule has 0 aliphatic heterocycles. The molecule has 0 unspecified atom stereocenters. The Morgan fingerprint density at radius 3 is 2.61 bits per heavy atom. The lowest BCUT2D eigenvalue weighted by Gasteiger charge is -2.10. The van der Waals surface area contributed by atoms with Crippen LogP contribution in [-0.2, 0) is 6.54 Å². The zero-order valence-corrected chi connectivity index (χ0v) is 12.6. The van der Waals surface area contributed by atoms with Gasteiger partial charge in [0, 0.05) is 38.6 Å². The number of hydrogen-bond donors (Lipinski definition) is 3. The highest BCUT2D eigenvalue weighted by Gasteiger charge is 2.06. The molecule has 7 heteroatoms. The van der Waals surface area contributed by atoms with Gasteiger partial charge >= 0.3 is 6.03 Å². The minimum atomic E-state index is -0.562. The van der Waals surface area contributed by atoms with Gasteiger partial charge in [-0.1, -0.05) is 6.07 Å². The van der Waals surface area contributed by atoms with E-state index in [2.05, 4.69) is 16.0 Å². The van der Waals surface area contributed by atoms with Crippen LogP contribution in [0.25, 0.3) is 0 Å². The number of urea groups is 1. The summed E-state index contributed by atoms with van der Waals surface area (Å²) < 4.78 is 15.4. The van der Waals surface area contributed by atoms with Gasteiger partial charge in [-0.3, -0.25) is 0 Å². The first-order valence-electron chi connectivity index (χ1n) is 7.25. The first-order chi connectivity index (χ1) is 11.2. The summed E-state index contributed by atoms with van der Waals surface area (Å²) in [5.74, 6) is -0.562. The maximum Gasteiger partial charge on any atom is 0.314 e. The third kappa shape index (κ3) is 5.04. The fraction of sp³-hybridized carbons (Fsp3) is 0.250. The van der Waals surface area contributed by atoms with Crippen molar-refractivity contribution in [2.75, 3.05) is 25.0 Å². The Kier molecular flexibility index (Phi) is 6.00. The lowest BCUT2D eigenvalue weighted by molar-refractivity contribution is 0.241. The third-order valence-corrected chi connectivity index (χ3v) is 3.17. The molecule has 0 fully saturated rings. The van der Waals surface area contributed by atoms with Crippen LogP contribution in [0.4, 0.5) is 14.9 Å². The predicted molar refractivity (Wildman–Crippen MR) is 85.4 cm³/mol. The van der Waals surface area contributed by atoms with E-state index in [9.17, 15) is 9.18 Å². The molecule has 1 heterocycles. The molecule has 0 aliphatic carbocycles. The second-order valence-electron chi connectivity index (χ2n) is 4.80. The van der Waals surface area contributed by atoms with Gasteiger partial charge in [0.05, 0.1) is 5.69 Å². The van der Waals surface area contributed by atoms with Crippen LogP contribution in [0.15, 0.2) is 42.7 Å². The maximum absolute atomic E-state index is 13.4. The van der Waals surface area contributed by atoms with E-state index in [1.165, 1.54) is 12.1 Å². The number of rotatable bonds is 7. The molecular weight excluding hydrogens is 297 g/mol. The maximum atomic E-state index is 13.4. The molecule has 6 nitrogen and oxygen atoms in total. The number of halogens is 1. The minimum absolute atomic E-state index is 0.0244. The van der Waals surface area contributed by atoms with Gasteiger partial charge in [-0.15, -0.1) is 0 Å². The summed E-state index contributed by atoms with van der Waals surface area (Å²) in [6.45, 7) is 1.98. The number of amides is 2. The molecule has 1 aromatic heterocycles. The highest BCUT2D eigenvalue weighted by molar-refractivity contribution is 5.73. The van der Waals surface area contributed by atoms with Crippen molar-refractivity contribution in [3.8, 4) is 6.07 Å². The zero-order valence-electron chi connectivity index (χ0n) is 12.6. The smallest absolute Gasteiger partial charge is 0.314 e. The van der Waals surface area contributed by atoms with Crippen molar-refractivity contribution in [1.29, 1.82) is 5.26 Å². The van der Waals surface area contributed by atoms with E-state index in [1.807, 2.05) is 35.2 Å². The molecule has 0 aliphatic rings. The molecule has 2 aromatic rings. The summed E-state index contributed by atoms with van der Waals surface area (Å²) in [6, 6.07) is 9.79. The van der Waals surface area contributed by atoms with E-state index >= 15 is 0 Å². The van der Waals surface area contributed by atoms with Crippen molar-refractivity contribution in [3.63, 3.8) is 0 Å². The molecule has 0 bridgehead atoms. The number of nitriles is 1. The number of anilines is 1. The van der Waals surface area contributed by atoms with Crippen molar-refractivity contribution < 1.29 is 9.18 Å². The fourth-order valence-electron chi connectivity index (χ4n) is 2.04. The summed E-state index contributed by atoms with van der Waals surface area (Å²) in [5, 5.41) is 17.3. The number of benzene rings is 1. The second-order valence-corrected chi connectivity index (χ2v) is 4.80. The molecule has 1 aromatic carbocycles. The van der Waals surface area contributed by atoms with Gasteiger partial charge in [0.2, 0.25) is 0 Å². The van der Waals surface area contributed by atoms with Crippen molar-refractivity contribution in [1.82, 2.24) is 15.2 Å². The second kappa shape index (κ2) is 8.44. The number of nitrogens with zero attached hydrogens (tertiary/aromatic N) is 2. The van der Waals surface area contributed by atoms with Gasteiger partial charge in [-0.25, -0.2) is 9.18 Å². The molecule has 0 saturated carbocycles. The number of aromatic nitrogens is 1. The summed E-state index contributed by atoms with van der Waals surface area (Å²) in [4.78, 5) is 11.6. The Morgan fingerprint density at radius 2 is 1.87 bits per heavy atom. The van der Waals surface area contributed by atoms with Gasteiger partial charge in [-0.2, -0.15) is 5.26 Å². The Hall–Kier alpha value is -3.01. The van der Waals surface area contributed by atoms with Gasteiger partial charge < -0.3 is 20.5 Å². The van der Waals surface area contributed by atoms with Crippen molar-refractivity contribution in [3.05, 3.63) is 54.1 Å². The monoisotopic (exact) mass is 315 g/mol. The lowest BCUT2D eigenvalue weighted by atomic mass is 10.2. The first kappa shape index (κ1) is 16.4. The quantitative estimate of drug-likeness (QED) is 0.683. The topological polar surface area (TPSA) is 81.9 Å². The van der Waals surface area contributed by atoms with Crippen LogP contribution in [0.3, 0.4) is 0 Å². The van der Waals surface area contributed by atoms with Crippen molar-refractivity contribution in [2.24, 2.45) is 0 Å². The molecule has 0 atom stereocenters. The third-order valence-electron chi connectivity index (χ3n) is 3.17. The highest BCUT2D eigenvalue weighted by atomic mass is 19.1. The molecule has 0 spiro atoms. The Bertz CT molecular complexity index is 678. The van der Waals surface area contributed by atoms with E-state index in [0.717, 1.165) is 0 Å². The van der Waals surface area contributed by atoms with Crippen LogP contribution in [0.2, 0.25) is 0 Å². The number of nitrogens with one attached hydrogen (secondary N) is 3. The first-order valence-corrected chi connectivity index (χ1v) is 7.25. The van der Waals surface area contributed by atoms with E-state index in [1.54, 1.807) is 6.07 Å². The molecule has 2 amide bonds. The Morgan fingerprint density at radius 1 is 1.13 bits per heavy atom. The van der Waals surface area contributed by atoms with Crippen LogP contribution in [0.1, 0.15) is 5.56 Å². The number of carbonyl (C=O) groups is 1. The van der Waals surface area contributed by atoms with Gasteiger partial charge in [-0.05, 0) is 24.3 Å². The molecule has 0 saturated heterocycles. The van der Waals surface area contributed by atoms with Crippen LogP contribution in [-0.4, -0.2) is 30.2 Å². The number of hydrogen-bond acceptors (Lipinski definition) is 3. The lowest BCUT2D eigenvalue weighted by Crippen LogP contribution is -2.39. The fourth-order valence-corrected chi connectivity index (χ4v) is 2.04. The van der Waals surface area contributed by atoms with Crippen LogP contribution < -0.4 is 16.0 Å². The SMILES string of the molecule is N#Cc1c(F)cccc1NCCNC(=O)NCCn1cccc1. The molecule has 0 radical (unpaired) electrons. The average Bonchev–Trinajstić information content (AvgIpc) is 3.05. The van der Waals surface area contributed by atoms with E-state index in [0.29, 0.717) is 31.9 Å². The van der Waals surface area contributed by atoms with Crippen LogP contribution >= 0.6 is 0 Å². The largest absolute Gasteiger partial charge is 0.382 e. The summed E-state index contributed by atoms with van der Waals surface area (Å²) in [7, 11) is 0. The van der Waals surface area contributed by atoms with E-state index in [-0.39, 0.29) is 11.6 Å². The number of carbonyl (C=O) groups excluding carboxylic acids is 1. The van der Waals surface area contributed by atoms with Crippen LogP contribution in [0, 0.1) is 17.1 Å².